The molecular formula is C25H20FN3O2S. The molecular weight excluding hydrogens is 425 g/mol. The van der Waals surface area contributed by atoms with E-state index in [0.717, 1.165) is 29.4 Å². The fourth-order valence-electron chi connectivity index (χ4n) is 4.10. The summed E-state index contributed by atoms with van der Waals surface area (Å²) in [4.78, 5) is 21.1. The number of nitrogens with zero attached hydrogens (tertiary/aromatic N) is 3. The Morgan fingerprint density at radius 3 is 2.59 bits per heavy atom. The summed E-state index contributed by atoms with van der Waals surface area (Å²) in [5.41, 5.74) is 3.11. The summed E-state index contributed by atoms with van der Waals surface area (Å²) >= 11 is 1.40. The first-order chi connectivity index (χ1) is 15.3. The number of halogens is 1. The van der Waals surface area contributed by atoms with E-state index in [4.69, 9.17) is 11.3 Å². The van der Waals surface area contributed by atoms with Gasteiger partial charge in [0.05, 0.1) is 5.56 Å². The molecule has 1 aliphatic rings. The Kier molecular flexibility index (Phi) is 4.64. The maximum Gasteiger partial charge on any atom is 0.268 e. The molecule has 32 heavy (non-hydrogen) atoms. The van der Waals surface area contributed by atoms with Gasteiger partial charge in [0.1, 0.15) is 16.3 Å². The first-order valence-corrected chi connectivity index (χ1v) is 11.1. The summed E-state index contributed by atoms with van der Waals surface area (Å²) < 4.78 is 22.3. The molecule has 0 N–H and O–H groups in total. The zero-order valence-electron chi connectivity index (χ0n) is 17.9. The largest absolute Gasteiger partial charge is 0.438 e. The van der Waals surface area contributed by atoms with Gasteiger partial charge in [0.25, 0.3) is 11.1 Å². The van der Waals surface area contributed by atoms with Crippen molar-refractivity contribution >= 4 is 21.4 Å². The SMILES string of the molecule is [C-]#[N+]C1(c2cnc(Oc3c(C)cc(F)cc3C)c(-c3cn(C)c(=O)c4sccc34)c2)CC1. The second kappa shape index (κ2) is 7.28. The van der Waals surface area contributed by atoms with Crippen LogP contribution in [0.1, 0.15) is 29.5 Å². The Morgan fingerprint density at radius 2 is 1.94 bits per heavy atom. The fraction of sp³-hybridized carbons (Fsp3) is 0.240. The smallest absolute Gasteiger partial charge is 0.268 e. The summed E-state index contributed by atoms with van der Waals surface area (Å²) in [5.74, 6) is 0.589. The van der Waals surface area contributed by atoms with E-state index in [1.807, 2.05) is 17.5 Å². The van der Waals surface area contributed by atoms with Crippen molar-refractivity contribution in [2.24, 2.45) is 7.05 Å². The van der Waals surface area contributed by atoms with Gasteiger partial charge >= 0.3 is 0 Å². The van der Waals surface area contributed by atoms with E-state index in [2.05, 4.69) is 9.83 Å². The molecule has 1 fully saturated rings. The molecule has 0 bridgehead atoms. The summed E-state index contributed by atoms with van der Waals surface area (Å²) in [6.45, 7) is 11.2. The van der Waals surface area contributed by atoms with Crippen molar-refractivity contribution in [3.8, 4) is 22.8 Å². The van der Waals surface area contributed by atoms with Crippen LogP contribution in [0.3, 0.4) is 0 Å². The van der Waals surface area contributed by atoms with Crippen LogP contribution in [0.4, 0.5) is 4.39 Å². The molecule has 7 heteroatoms. The molecule has 5 nitrogen and oxygen atoms in total. The molecule has 1 aliphatic carbocycles. The number of pyridine rings is 2. The maximum atomic E-state index is 13.8. The molecule has 0 radical (unpaired) electrons. The van der Waals surface area contributed by atoms with Crippen LogP contribution in [0, 0.1) is 26.2 Å². The van der Waals surface area contributed by atoms with Crippen molar-refractivity contribution in [1.82, 2.24) is 9.55 Å². The normalized spacial score (nSPS) is 14.3. The summed E-state index contributed by atoms with van der Waals surface area (Å²) in [6, 6.07) is 6.73. The summed E-state index contributed by atoms with van der Waals surface area (Å²) in [6.07, 6.45) is 5.09. The predicted molar refractivity (Wildman–Crippen MR) is 124 cm³/mol. The molecule has 4 aromatic rings. The second-order valence-corrected chi connectivity index (χ2v) is 9.23. The Labute approximate surface area is 188 Å². The number of aromatic nitrogens is 2. The van der Waals surface area contributed by atoms with Gasteiger partial charge < -0.3 is 14.1 Å². The molecule has 1 aromatic carbocycles. The third kappa shape index (κ3) is 3.19. The topological polar surface area (TPSA) is 48.5 Å². The molecule has 0 aliphatic heterocycles. The number of fused-ring (bicyclic) bond motifs is 1. The van der Waals surface area contributed by atoms with Gasteiger partial charge in [0.2, 0.25) is 5.88 Å². The number of rotatable bonds is 4. The molecule has 3 aromatic heterocycles. The van der Waals surface area contributed by atoms with Crippen molar-refractivity contribution in [3.05, 3.63) is 86.3 Å². The number of aryl methyl sites for hydroxylation is 3. The molecule has 0 spiro atoms. The lowest BCUT2D eigenvalue weighted by Gasteiger charge is -2.16. The van der Waals surface area contributed by atoms with Gasteiger partial charge in [-0.1, -0.05) is 0 Å². The summed E-state index contributed by atoms with van der Waals surface area (Å²) in [7, 11) is 1.72. The van der Waals surface area contributed by atoms with Crippen LogP contribution in [0.15, 0.2) is 46.8 Å². The second-order valence-electron chi connectivity index (χ2n) is 8.31. The maximum absolute atomic E-state index is 13.8. The van der Waals surface area contributed by atoms with Gasteiger partial charge in [-0.2, -0.15) is 0 Å². The average Bonchev–Trinajstić information content (AvgIpc) is 3.41. The Hall–Kier alpha value is -3.50. The van der Waals surface area contributed by atoms with Crippen LogP contribution in [0.25, 0.3) is 26.1 Å². The lowest BCUT2D eigenvalue weighted by Crippen LogP contribution is -2.15. The Balaban J connectivity index is 1.75. The number of hydrogen-bond acceptors (Lipinski definition) is 4. The van der Waals surface area contributed by atoms with E-state index in [1.165, 1.54) is 23.5 Å². The van der Waals surface area contributed by atoms with E-state index >= 15 is 0 Å². The van der Waals surface area contributed by atoms with E-state index in [-0.39, 0.29) is 11.4 Å². The van der Waals surface area contributed by atoms with Gasteiger partial charge in [0.15, 0.2) is 0 Å². The van der Waals surface area contributed by atoms with Crippen LogP contribution in [-0.4, -0.2) is 9.55 Å². The molecule has 0 amide bonds. The third-order valence-electron chi connectivity index (χ3n) is 6.03. The predicted octanol–water partition coefficient (Wildman–Crippen LogP) is 6.12. The summed E-state index contributed by atoms with van der Waals surface area (Å²) in [5, 5.41) is 2.71. The molecule has 1 saturated carbocycles. The third-order valence-corrected chi connectivity index (χ3v) is 6.94. The minimum absolute atomic E-state index is 0.0598. The van der Waals surface area contributed by atoms with Gasteiger partial charge in [-0.15, -0.1) is 11.3 Å². The lowest BCUT2D eigenvalue weighted by molar-refractivity contribution is 0.455. The zero-order valence-corrected chi connectivity index (χ0v) is 18.7. The minimum atomic E-state index is -0.531. The van der Waals surface area contributed by atoms with E-state index < -0.39 is 5.54 Å². The van der Waals surface area contributed by atoms with Crippen LogP contribution < -0.4 is 10.3 Å². The van der Waals surface area contributed by atoms with Crippen molar-refractivity contribution in [3.63, 3.8) is 0 Å². The number of hydrogen-bond donors (Lipinski definition) is 0. The molecule has 5 rings (SSSR count). The van der Waals surface area contributed by atoms with E-state index in [9.17, 15) is 9.18 Å². The fourth-order valence-corrected chi connectivity index (χ4v) is 4.99. The minimum Gasteiger partial charge on any atom is -0.438 e. The monoisotopic (exact) mass is 445 g/mol. The van der Waals surface area contributed by atoms with Gasteiger partial charge in [0, 0.05) is 48.8 Å². The lowest BCUT2D eigenvalue weighted by atomic mass is 10.00. The van der Waals surface area contributed by atoms with Gasteiger partial charge in [-0.05, 0) is 54.6 Å². The zero-order chi connectivity index (χ0) is 22.6. The highest BCUT2D eigenvalue weighted by Gasteiger charge is 2.53. The van der Waals surface area contributed by atoms with Crippen molar-refractivity contribution in [1.29, 1.82) is 0 Å². The molecule has 3 heterocycles. The van der Waals surface area contributed by atoms with E-state index in [1.54, 1.807) is 37.9 Å². The highest BCUT2D eigenvalue weighted by Crippen LogP contribution is 2.51. The van der Waals surface area contributed by atoms with Crippen molar-refractivity contribution < 1.29 is 9.13 Å². The number of benzene rings is 1. The standard InChI is InChI=1S/C25H20FN3O2S/c1-14-9-17(26)10-15(2)21(14)31-23-19(11-16(12-28-23)25(27-3)6-7-25)20-13-29(4)24(30)22-18(20)5-8-32-22/h5,8-13H,6-7H2,1-2,4H3. The van der Waals surface area contributed by atoms with Gasteiger partial charge in [-0.3, -0.25) is 4.79 Å². The van der Waals surface area contributed by atoms with E-state index in [0.29, 0.717) is 33.0 Å². The average molecular weight is 446 g/mol. The van der Waals surface area contributed by atoms with Crippen LogP contribution >= 0.6 is 11.3 Å². The molecule has 0 unspecified atom stereocenters. The first-order valence-electron chi connectivity index (χ1n) is 10.2. The van der Waals surface area contributed by atoms with Crippen molar-refractivity contribution in [2.45, 2.75) is 32.2 Å². The van der Waals surface area contributed by atoms with Crippen LogP contribution in [0.2, 0.25) is 0 Å². The number of thiophene rings is 1. The molecule has 0 atom stereocenters. The molecule has 160 valence electrons. The Morgan fingerprint density at radius 1 is 1.22 bits per heavy atom. The molecule has 0 saturated heterocycles. The quantitative estimate of drug-likeness (QED) is 0.356. The van der Waals surface area contributed by atoms with Gasteiger partial charge in [-0.25, -0.2) is 15.9 Å². The van der Waals surface area contributed by atoms with Crippen LogP contribution in [0.5, 0.6) is 11.6 Å². The number of ether oxygens (including phenoxy) is 1. The van der Waals surface area contributed by atoms with Crippen LogP contribution in [-0.2, 0) is 12.6 Å². The highest BCUT2D eigenvalue weighted by atomic mass is 32.1. The first kappa shape index (κ1) is 20.4. The van der Waals surface area contributed by atoms with Crippen molar-refractivity contribution in [2.75, 3.05) is 0 Å². The Bertz CT molecular complexity index is 1470. The highest BCUT2D eigenvalue weighted by molar-refractivity contribution is 7.17.